The summed E-state index contributed by atoms with van der Waals surface area (Å²) in [4.78, 5) is 35.2. The molecular weight excluding hydrogens is 312 g/mol. The van der Waals surface area contributed by atoms with Crippen molar-refractivity contribution in [2.45, 2.75) is 50.7 Å². The number of hydrogen-bond donors (Lipinski definition) is 3. The van der Waals surface area contributed by atoms with Crippen molar-refractivity contribution in [3.05, 3.63) is 23.8 Å². The van der Waals surface area contributed by atoms with E-state index in [-0.39, 0.29) is 41.9 Å². The van der Waals surface area contributed by atoms with Gasteiger partial charge in [-0.3, -0.25) is 19.7 Å². The number of piperidine rings is 1. The lowest BCUT2D eigenvalue weighted by atomic mass is 10.1. The first-order chi connectivity index (χ1) is 11.5. The van der Waals surface area contributed by atoms with Gasteiger partial charge in [-0.15, -0.1) is 0 Å². The van der Waals surface area contributed by atoms with Gasteiger partial charge in [0.25, 0.3) is 5.91 Å². The molecule has 2 fully saturated rings. The molecule has 3 rings (SSSR count). The molecule has 7 nitrogen and oxygen atoms in total. The molecule has 1 heterocycles. The van der Waals surface area contributed by atoms with Crippen LogP contribution in [0.25, 0.3) is 0 Å². The number of aromatic hydroxyl groups is 1. The minimum atomic E-state index is -0.783. The number of carbonyl (C=O) groups excluding carboxylic acids is 3. The summed E-state index contributed by atoms with van der Waals surface area (Å²) in [6.45, 7) is 0. The molecule has 128 valence electrons. The number of para-hydroxylation sites is 1. The first-order valence-electron chi connectivity index (χ1n) is 8.18. The van der Waals surface area contributed by atoms with E-state index in [2.05, 4.69) is 10.6 Å². The zero-order valence-corrected chi connectivity index (χ0v) is 13.2. The number of rotatable bonds is 4. The molecule has 0 radical (unpaired) electrons. The predicted molar refractivity (Wildman–Crippen MR) is 84.6 cm³/mol. The molecule has 24 heavy (non-hydrogen) atoms. The zero-order valence-electron chi connectivity index (χ0n) is 13.2. The van der Waals surface area contributed by atoms with Crippen LogP contribution < -0.4 is 15.4 Å². The SMILES string of the molecule is O=C1CCC(NC(=O)c2cccc(OC3CCCC3)c2O)C(=O)N1. The highest BCUT2D eigenvalue weighted by molar-refractivity contribution is 6.04. The fourth-order valence-corrected chi connectivity index (χ4v) is 3.05. The summed E-state index contributed by atoms with van der Waals surface area (Å²) >= 11 is 0. The van der Waals surface area contributed by atoms with Gasteiger partial charge in [-0.05, 0) is 44.2 Å². The summed E-state index contributed by atoms with van der Waals surface area (Å²) < 4.78 is 5.77. The number of phenolic OH excluding ortho intramolecular Hbond substituents is 1. The number of carbonyl (C=O) groups is 3. The molecule has 3 N–H and O–H groups in total. The van der Waals surface area contributed by atoms with E-state index in [0.717, 1.165) is 25.7 Å². The third-order valence-corrected chi connectivity index (χ3v) is 4.38. The Morgan fingerprint density at radius 1 is 1.21 bits per heavy atom. The maximum Gasteiger partial charge on any atom is 0.255 e. The fraction of sp³-hybridized carbons (Fsp3) is 0.471. The average Bonchev–Trinajstić information content (AvgIpc) is 3.05. The van der Waals surface area contributed by atoms with Gasteiger partial charge in [0.2, 0.25) is 11.8 Å². The minimum Gasteiger partial charge on any atom is -0.504 e. The number of phenols is 1. The second-order valence-electron chi connectivity index (χ2n) is 6.15. The van der Waals surface area contributed by atoms with Crippen molar-refractivity contribution < 1.29 is 24.2 Å². The van der Waals surface area contributed by atoms with Crippen molar-refractivity contribution in [3.63, 3.8) is 0 Å². The van der Waals surface area contributed by atoms with Gasteiger partial charge in [-0.1, -0.05) is 6.07 Å². The summed E-state index contributed by atoms with van der Waals surface area (Å²) in [5, 5.41) is 15.0. The minimum absolute atomic E-state index is 0.0511. The number of benzene rings is 1. The molecule has 1 saturated carbocycles. The van der Waals surface area contributed by atoms with Crippen LogP contribution in [0.2, 0.25) is 0 Å². The van der Waals surface area contributed by atoms with Crippen LogP contribution >= 0.6 is 0 Å². The zero-order chi connectivity index (χ0) is 17.1. The molecule has 1 aromatic rings. The maximum absolute atomic E-state index is 12.4. The smallest absolute Gasteiger partial charge is 0.255 e. The Balaban J connectivity index is 1.70. The molecular formula is C17H20N2O5. The van der Waals surface area contributed by atoms with Crippen molar-refractivity contribution in [1.29, 1.82) is 0 Å². The first kappa shape index (κ1) is 16.3. The second kappa shape index (κ2) is 6.90. The first-order valence-corrected chi connectivity index (χ1v) is 8.18. The van der Waals surface area contributed by atoms with E-state index >= 15 is 0 Å². The lowest BCUT2D eigenvalue weighted by molar-refractivity contribution is -0.134. The number of hydrogen-bond acceptors (Lipinski definition) is 5. The average molecular weight is 332 g/mol. The number of amides is 3. The van der Waals surface area contributed by atoms with Gasteiger partial charge >= 0.3 is 0 Å². The Bertz CT molecular complexity index is 667. The lowest BCUT2D eigenvalue weighted by Gasteiger charge is -2.22. The predicted octanol–water partition coefficient (Wildman–Crippen LogP) is 1.25. The molecule has 1 atom stereocenters. The normalized spacial score (nSPS) is 21.4. The van der Waals surface area contributed by atoms with Crippen LogP contribution in [0, 0.1) is 0 Å². The summed E-state index contributed by atoms with van der Waals surface area (Å²) in [5.41, 5.74) is 0.0511. The van der Waals surface area contributed by atoms with Crippen molar-refractivity contribution >= 4 is 17.7 Å². The highest BCUT2D eigenvalue weighted by atomic mass is 16.5. The molecule has 1 saturated heterocycles. The Morgan fingerprint density at radius 2 is 1.96 bits per heavy atom. The van der Waals surface area contributed by atoms with E-state index in [1.165, 1.54) is 6.07 Å². The monoisotopic (exact) mass is 332 g/mol. The Kier molecular flexibility index (Phi) is 4.69. The summed E-state index contributed by atoms with van der Waals surface area (Å²) in [7, 11) is 0. The molecule has 2 aliphatic rings. The maximum atomic E-state index is 12.4. The summed E-state index contributed by atoms with van der Waals surface area (Å²) in [5.74, 6) is -1.40. The quantitative estimate of drug-likeness (QED) is 0.720. The van der Waals surface area contributed by atoms with E-state index in [4.69, 9.17) is 4.74 Å². The van der Waals surface area contributed by atoms with Gasteiger partial charge in [0.15, 0.2) is 11.5 Å². The topological polar surface area (TPSA) is 105 Å². The standard InChI is InChI=1S/C17H20N2O5/c20-14-9-8-12(17(23)19-14)18-16(22)11-6-3-7-13(15(11)21)24-10-4-1-2-5-10/h3,6-7,10,12,21H,1-2,4-5,8-9H2,(H,18,22)(H,19,20,23). The summed E-state index contributed by atoms with van der Waals surface area (Å²) in [6.07, 6.45) is 4.55. The van der Waals surface area contributed by atoms with Gasteiger partial charge in [0.1, 0.15) is 6.04 Å². The fourth-order valence-electron chi connectivity index (χ4n) is 3.05. The number of ether oxygens (including phenoxy) is 1. The van der Waals surface area contributed by atoms with E-state index in [1.807, 2.05) is 0 Å². The van der Waals surface area contributed by atoms with Gasteiger partial charge in [-0.25, -0.2) is 0 Å². The van der Waals surface area contributed by atoms with E-state index in [0.29, 0.717) is 0 Å². The number of imide groups is 1. The molecule has 1 aromatic carbocycles. The van der Waals surface area contributed by atoms with Crippen LogP contribution in [0.4, 0.5) is 0 Å². The van der Waals surface area contributed by atoms with Crippen LogP contribution in [0.3, 0.4) is 0 Å². The van der Waals surface area contributed by atoms with Crippen molar-refractivity contribution in [1.82, 2.24) is 10.6 Å². The van der Waals surface area contributed by atoms with E-state index in [1.54, 1.807) is 12.1 Å². The summed E-state index contributed by atoms with van der Waals surface area (Å²) in [6, 6.07) is 3.94. The molecule has 1 unspecified atom stereocenters. The molecule has 0 spiro atoms. The third-order valence-electron chi connectivity index (χ3n) is 4.38. The largest absolute Gasteiger partial charge is 0.504 e. The van der Waals surface area contributed by atoms with Gasteiger partial charge in [-0.2, -0.15) is 0 Å². The molecule has 3 amide bonds. The molecule has 0 aromatic heterocycles. The van der Waals surface area contributed by atoms with Crippen molar-refractivity contribution in [3.8, 4) is 11.5 Å². The molecule has 1 aliphatic carbocycles. The lowest BCUT2D eigenvalue weighted by Crippen LogP contribution is -2.52. The van der Waals surface area contributed by atoms with Crippen LogP contribution in [0.5, 0.6) is 11.5 Å². The highest BCUT2D eigenvalue weighted by Gasteiger charge is 2.29. The van der Waals surface area contributed by atoms with Gasteiger partial charge in [0.05, 0.1) is 11.7 Å². The number of nitrogens with one attached hydrogen (secondary N) is 2. The Labute approximate surface area is 139 Å². The van der Waals surface area contributed by atoms with Crippen LogP contribution in [0.15, 0.2) is 18.2 Å². The van der Waals surface area contributed by atoms with Crippen molar-refractivity contribution in [2.24, 2.45) is 0 Å². The molecule has 7 heteroatoms. The van der Waals surface area contributed by atoms with Crippen molar-refractivity contribution in [2.75, 3.05) is 0 Å². The molecule has 0 bridgehead atoms. The van der Waals surface area contributed by atoms with Crippen LogP contribution in [-0.4, -0.2) is 35.0 Å². The van der Waals surface area contributed by atoms with Crippen LogP contribution in [0.1, 0.15) is 48.9 Å². The van der Waals surface area contributed by atoms with Gasteiger partial charge in [0, 0.05) is 6.42 Å². The molecule has 1 aliphatic heterocycles. The van der Waals surface area contributed by atoms with Gasteiger partial charge < -0.3 is 15.2 Å². The highest BCUT2D eigenvalue weighted by Crippen LogP contribution is 2.33. The van der Waals surface area contributed by atoms with Crippen LogP contribution in [-0.2, 0) is 9.59 Å². The second-order valence-corrected chi connectivity index (χ2v) is 6.15. The van der Waals surface area contributed by atoms with E-state index in [9.17, 15) is 19.5 Å². The third kappa shape index (κ3) is 3.50. The van der Waals surface area contributed by atoms with E-state index < -0.39 is 17.9 Å². The Morgan fingerprint density at radius 3 is 2.67 bits per heavy atom. The Hall–Kier alpha value is -2.57.